The molecule has 0 aliphatic rings. The fourth-order valence-corrected chi connectivity index (χ4v) is 3.06. The van der Waals surface area contributed by atoms with Crippen molar-refractivity contribution in [2.75, 3.05) is 10.2 Å². The summed E-state index contributed by atoms with van der Waals surface area (Å²) >= 11 is 12.2. The van der Waals surface area contributed by atoms with Gasteiger partial charge in [-0.15, -0.1) is 0 Å². The van der Waals surface area contributed by atoms with E-state index in [9.17, 15) is 9.59 Å². The van der Waals surface area contributed by atoms with E-state index in [1.165, 1.54) is 36.6 Å². The lowest BCUT2D eigenvalue weighted by atomic mass is 10.1. The van der Waals surface area contributed by atoms with Crippen molar-refractivity contribution >= 4 is 52.3 Å². The summed E-state index contributed by atoms with van der Waals surface area (Å²) in [5, 5.41) is 3.60. The molecule has 0 fully saturated rings. The Morgan fingerprint density at radius 1 is 1.04 bits per heavy atom. The van der Waals surface area contributed by atoms with Crippen molar-refractivity contribution in [3.8, 4) is 0 Å². The molecule has 0 bridgehead atoms. The van der Waals surface area contributed by atoms with Crippen molar-refractivity contribution in [2.45, 2.75) is 13.3 Å². The van der Waals surface area contributed by atoms with Gasteiger partial charge in [-0.3, -0.25) is 14.6 Å². The van der Waals surface area contributed by atoms with Crippen molar-refractivity contribution in [2.24, 2.45) is 0 Å². The van der Waals surface area contributed by atoms with Gasteiger partial charge in [-0.1, -0.05) is 29.3 Å². The van der Waals surface area contributed by atoms with E-state index in [1.807, 2.05) is 0 Å². The van der Waals surface area contributed by atoms with Gasteiger partial charge in [0.25, 0.3) is 0 Å². The number of aromatic nitrogens is 3. The average molecular weight is 416 g/mol. The van der Waals surface area contributed by atoms with Crippen LogP contribution in [0.2, 0.25) is 10.0 Å². The summed E-state index contributed by atoms with van der Waals surface area (Å²) in [6.07, 6.45) is 5.93. The minimum atomic E-state index is -0.305. The molecule has 0 saturated carbocycles. The SMILES string of the molecule is CC(=O)N(c1cnccn1)c1cc(NC(=O)Cc2c(Cl)cccc2Cl)ccn1. The highest BCUT2D eigenvalue weighted by atomic mass is 35.5. The third-order valence-corrected chi connectivity index (χ3v) is 4.46. The lowest BCUT2D eigenvalue weighted by Gasteiger charge is -2.19. The number of benzene rings is 1. The van der Waals surface area contributed by atoms with E-state index in [2.05, 4.69) is 20.3 Å². The maximum atomic E-state index is 12.4. The van der Waals surface area contributed by atoms with E-state index in [0.29, 0.717) is 32.9 Å². The van der Waals surface area contributed by atoms with E-state index in [0.717, 1.165) is 0 Å². The molecule has 7 nitrogen and oxygen atoms in total. The Labute approximate surface area is 171 Å². The number of rotatable bonds is 5. The molecule has 142 valence electrons. The monoisotopic (exact) mass is 415 g/mol. The molecule has 3 aromatic rings. The van der Waals surface area contributed by atoms with Gasteiger partial charge >= 0.3 is 0 Å². The first-order chi connectivity index (χ1) is 13.5. The van der Waals surface area contributed by atoms with Crippen LogP contribution < -0.4 is 10.2 Å². The van der Waals surface area contributed by atoms with Crippen molar-refractivity contribution in [1.29, 1.82) is 0 Å². The number of halogens is 2. The maximum absolute atomic E-state index is 12.4. The third kappa shape index (κ3) is 4.62. The van der Waals surface area contributed by atoms with Crippen LogP contribution in [0.4, 0.5) is 17.3 Å². The van der Waals surface area contributed by atoms with Crippen molar-refractivity contribution in [3.63, 3.8) is 0 Å². The van der Waals surface area contributed by atoms with Gasteiger partial charge in [0.2, 0.25) is 11.8 Å². The normalized spacial score (nSPS) is 10.4. The molecule has 1 aromatic carbocycles. The fourth-order valence-electron chi connectivity index (χ4n) is 2.53. The first-order valence-electron chi connectivity index (χ1n) is 8.21. The van der Waals surface area contributed by atoms with Crippen LogP contribution in [0.15, 0.2) is 55.1 Å². The minimum absolute atomic E-state index is 0.0107. The van der Waals surface area contributed by atoms with Gasteiger partial charge in [0, 0.05) is 47.3 Å². The van der Waals surface area contributed by atoms with E-state index < -0.39 is 0 Å². The zero-order chi connectivity index (χ0) is 20.1. The van der Waals surface area contributed by atoms with Crippen molar-refractivity contribution < 1.29 is 9.59 Å². The first kappa shape index (κ1) is 19.7. The highest BCUT2D eigenvalue weighted by Crippen LogP contribution is 2.26. The summed E-state index contributed by atoms with van der Waals surface area (Å²) in [4.78, 5) is 38.1. The molecular weight excluding hydrogens is 401 g/mol. The second kappa shape index (κ2) is 8.77. The fraction of sp³-hybridized carbons (Fsp3) is 0.105. The third-order valence-electron chi connectivity index (χ3n) is 3.75. The van der Waals surface area contributed by atoms with Gasteiger partial charge in [0.1, 0.15) is 5.82 Å². The number of carbonyl (C=O) groups is 2. The molecule has 0 radical (unpaired) electrons. The van der Waals surface area contributed by atoms with E-state index in [4.69, 9.17) is 23.2 Å². The molecule has 3 rings (SSSR count). The van der Waals surface area contributed by atoms with Crippen molar-refractivity contribution in [1.82, 2.24) is 15.0 Å². The second-order valence-electron chi connectivity index (χ2n) is 5.75. The lowest BCUT2D eigenvalue weighted by Crippen LogP contribution is -2.25. The standard InChI is InChI=1S/C19H15Cl2N5O2/c1-12(27)26(18-11-22-7-8-24-18)17-9-13(5-6-23-17)25-19(28)10-14-15(20)3-2-4-16(14)21/h2-9,11H,10H2,1H3,(H,23,25,28). The molecule has 0 atom stereocenters. The smallest absolute Gasteiger partial charge is 0.230 e. The summed E-state index contributed by atoms with van der Waals surface area (Å²) in [6, 6.07) is 8.25. The lowest BCUT2D eigenvalue weighted by molar-refractivity contribution is -0.116. The van der Waals surface area contributed by atoms with Gasteiger partial charge in [-0.25, -0.2) is 14.9 Å². The van der Waals surface area contributed by atoms with Crippen LogP contribution in [0.25, 0.3) is 0 Å². The molecule has 2 heterocycles. The van der Waals surface area contributed by atoms with Gasteiger partial charge in [0.15, 0.2) is 5.82 Å². The second-order valence-corrected chi connectivity index (χ2v) is 6.56. The van der Waals surface area contributed by atoms with Crippen LogP contribution in [-0.2, 0) is 16.0 Å². The largest absolute Gasteiger partial charge is 0.326 e. The summed E-state index contributed by atoms with van der Waals surface area (Å²) in [5.74, 6) is 0.0377. The van der Waals surface area contributed by atoms with Crippen LogP contribution in [-0.4, -0.2) is 26.8 Å². The number of hydrogen-bond donors (Lipinski definition) is 1. The number of anilines is 3. The molecular formula is C19H15Cl2N5O2. The molecule has 28 heavy (non-hydrogen) atoms. The van der Waals surface area contributed by atoms with Gasteiger partial charge in [-0.2, -0.15) is 0 Å². The van der Waals surface area contributed by atoms with Crippen molar-refractivity contribution in [3.05, 3.63) is 70.7 Å². The number of nitrogens with one attached hydrogen (secondary N) is 1. The van der Waals surface area contributed by atoms with Gasteiger partial charge < -0.3 is 5.32 Å². The van der Waals surface area contributed by atoms with Crippen LogP contribution in [0.3, 0.4) is 0 Å². The Kier molecular flexibility index (Phi) is 6.18. The molecule has 0 aliphatic heterocycles. The van der Waals surface area contributed by atoms with E-state index in [-0.39, 0.29) is 18.2 Å². The summed E-state index contributed by atoms with van der Waals surface area (Å²) in [6.45, 7) is 1.39. The molecule has 0 aliphatic carbocycles. The zero-order valence-electron chi connectivity index (χ0n) is 14.8. The van der Waals surface area contributed by atoms with Crippen LogP contribution in [0.1, 0.15) is 12.5 Å². The Balaban J connectivity index is 1.81. The number of nitrogens with zero attached hydrogens (tertiary/aromatic N) is 4. The summed E-state index contributed by atoms with van der Waals surface area (Å²) in [7, 11) is 0. The number of amides is 2. The quantitative estimate of drug-likeness (QED) is 0.678. The summed E-state index contributed by atoms with van der Waals surface area (Å²) < 4.78 is 0. The molecule has 2 aromatic heterocycles. The highest BCUT2D eigenvalue weighted by molar-refractivity contribution is 6.36. The molecule has 1 N–H and O–H groups in total. The molecule has 9 heteroatoms. The Morgan fingerprint density at radius 2 is 1.75 bits per heavy atom. The van der Waals surface area contributed by atoms with Crippen LogP contribution in [0.5, 0.6) is 0 Å². The predicted molar refractivity (Wildman–Crippen MR) is 108 cm³/mol. The Bertz CT molecular complexity index is 994. The molecule has 0 unspecified atom stereocenters. The van der Waals surface area contributed by atoms with Gasteiger partial charge in [-0.05, 0) is 23.8 Å². The van der Waals surface area contributed by atoms with Gasteiger partial charge in [0.05, 0.1) is 12.6 Å². The van der Waals surface area contributed by atoms with E-state index >= 15 is 0 Å². The number of pyridine rings is 1. The Morgan fingerprint density at radius 3 is 2.39 bits per heavy atom. The van der Waals surface area contributed by atoms with Crippen LogP contribution >= 0.6 is 23.2 Å². The molecule has 2 amide bonds. The summed E-state index contributed by atoms with van der Waals surface area (Å²) in [5.41, 5.74) is 1.01. The molecule has 0 saturated heterocycles. The maximum Gasteiger partial charge on any atom is 0.230 e. The molecule has 0 spiro atoms. The highest BCUT2D eigenvalue weighted by Gasteiger charge is 2.18. The first-order valence-corrected chi connectivity index (χ1v) is 8.97. The van der Waals surface area contributed by atoms with Crippen LogP contribution in [0, 0.1) is 0 Å². The Hall–Kier alpha value is -3.03. The minimum Gasteiger partial charge on any atom is -0.326 e. The zero-order valence-corrected chi connectivity index (χ0v) is 16.3. The predicted octanol–water partition coefficient (Wildman–Crippen LogP) is 4.04. The number of hydrogen-bond acceptors (Lipinski definition) is 5. The number of carbonyl (C=O) groups excluding carboxylic acids is 2. The van der Waals surface area contributed by atoms with E-state index in [1.54, 1.807) is 30.3 Å². The average Bonchev–Trinajstić information content (AvgIpc) is 2.66. The topological polar surface area (TPSA) is 88.1 Å².